The van der Waals surface area contributed by atoms with Gasteiger partial charge in [-0.25, -0.2) is 4.79 Å². The van der Waals surface area contributed by atoms with Gasteiger partial charge in [-0.3, -0.25) is 19.1 Å². The number of imidazole rings is 1. The Balaban J connectivity index is 1.78. The zero-order valence-corrected chi connectivity index (χ0v) is 23.3. The van der Waals surface area contributed by atoms with Crippen LogP contribution >= 0.6 is 0 Å². The Hall–Kier alpha value is -3.93. The van der Waals surface area contributed by atoms with Gasteiger partial charge in [-0.2, -0.15) is 9.97 Å². The summed E-state index contributed by atoms with van der Waals surface area (Å²) in [6, 6.07) is 7.03. The van der Waals surface area contributed by atoms with Gasteiger partial charge in [0.1, 0.15) is 5.52 Å². The number of hydrogen-bond acceptors (Lipinski definition) is 8. The van der Waals surface area contributed by atoms with Crippen molar-refractivity contribution in [1.82, 2.24) is 29.3 Å². The van der Waals surface area contributed by atoms with E-state index in [0.717, 1.165) is 18.4 Å². The third kappa shape index (κ3) is 7.34. The number of nitrogen functional groups attached to an aromatic ring is 1. The Morgan fingerprint density at radius 1 is 1.15 bits per heavy atom. The van der Waals surface area contributed by atoms with Gasteiger partial charge >= 0.3 is 17.7 Å². The first-order chi connectivity index (χ1) is 18.5. The normalized spacial score (nSPS) is 13.0. The summed E-state index contributed by atoms with van der Waals surface area (Å²) in [4.78, 5) is 52.2. The molecule has 0 aliphatic rings. The van der Waals surface area contributed by atoms with Crippen molar-refractivity contribution in [3.8, 4) is 6.01 Å². The van der Waals surface area contributed by atoms with Crippen LogP contribution in [0.3, 0.4) is 0 Å². The number of hydrogen-bond donors (Lipinski definition) is 3. The van der Waals surface area contributed by atoms with Crippen LogP contribution in [0.15, 0.2) is 29.1 Å². The molecule has 212 valence electrons. The Morgan fingerprint density at radius 2 is 1.85 bits per heavy atom. The summed E-state index contributed by atoms with van der Waals surface area (Å²) in [6.07, 6.45) is 2.29. The maximum Gasteiger partial charge on any atom is 0.327 e. The number of carboxylic acid groups (broad SMARTS) is 1. The molecule has 0 saturated carbocycles. The monoisotopic (exact) mass is 541 g/mol. The minimum atomic E-state index is -0.890. The fraction of sp³-hybridized carbons (Fsp3) is 0.519. The summed E-state index contributed by atoms with van der Waals surface area (Å²) in [5, 5.41) is 9.27. The molecule has 12 nitrogen and oxygen atoms in total. The highest BCUT2D eigenvalue weighted by atomic mass is 16.5. The van der Waals surface area contributed by atoms with Crippen LogP contribution < -0.4 is 16.2 Å². The first-order valence-corrected chi connectivity index (χ1v) is 13.2. The van der Waals surface area contributed by atoms with Gasteiger partial charge in [-0.1, -0.05) is 37.6 Å². The van der Waals surface area contributed by atoms with Crippen molar-refractivity contribution < 1.29 is 19.4 Å². The number of carbonyl (C=O) groups excluding carboxylic acids is 1. The molecule has 12 heteroatoms. The number of carboxylic acids is 1. The molecule has 4 N–H and O–H groups in total. The van der Waals surface area contributed by atoms with E-state index in [2.05, 4.69) is 15.0 Å². The fourth-order valence-electron chi connectivity index (χ4n) is 4.06. The summed E-state index contributed by atoms with van der Waals surface area (Å²) in [5.41, 5.74) is 7.99. The number of nitrogens with zero attached hydrogens (tertiary/aromatic N) is 5. The molecule has 1 aromatic carbocycles. The second-order valence-corrected chi connectivity index (χ2v) is 9.93. The van der Waals surface area contributed by atoms with Gasteiger partial charge < -0.3 is 25.5 Å². The lowest BCUT2D eigenvalue weighted by Crippen LogP contribution is -2.44. The molecule has 0 fully saturated rings. The Bertz CT molecular complexity index is 1330. The Morgan fingerprint density at radius 3 is 2.46 bits per heavy atom. The lowest BCUT2D eigenvalue weighted by atomic mass is 10.00. The number of aliphatic carboxylic acids is 1. The summed E-state index contributed by atoms with van der Waals surface area (Å²) >= 11 is 0. The number of carbonyl (C=O) groups is 2. The molecular weight excluding hydrogens is 502 g/mol. The number of aromatic amines is 1. The number of aryl methyl sites for hydroxylation is 1. The third-order valence-electron chi connectivity index (χ3n) is 6.84. The molecule has 0 aliphatic carbocycles. The molecule has 0 aliphatic heterocycles. The van der Waals surface area contributed by atoms with E-state index in [1.54, 1.807) is 24.0 Å². The minimum Gasteiger partial charge on any atom is -0.481 e. The largest absolute Gasteiger partial charge is 0.481 e. The lowest BCUT2D eigenvalue weighted by Gasteiger charge is -2.29. The first kappa shape index (κ1) is 29.6. The summed E-state index contributed by atoms with van der Waals surface area (Å²) < 4.78 is 7.09. The van der Waals surface area contributed by atoms with Gasteiger partial charge in [0.15, 0.2) is 11.5 Å². The number of likely N-dealkylation sites (N-methyl/N-ethyl adjacent to an activating group) is 1. The second kappa shape index (κ2) is 13.2. The molecule has 0 radical (unpaired) electrons. The number of H-pyrrole nitrogens is 1. The predicted molar refractivity (Wildman–Crippen MR) is 149 cm³/mol. The molecular formula is C27H39N7O5. The van der Waals surface area contributed by atoms with Gasteiger partial charge in [0.05, 0.1) is 18.6 Å². The van der Waals surface area contributed by atoms with Crippen molar-refractivity contribution in [3.63, 3.8) is 0 Å². The maximum absolute atomic E-state index is 13.3. The highest BCUT2D eigenvalue weighted by Crippen LogP contribution is 2.20. The third-order valence-corrected chi connectivity index (χ3v) is 6.84. The van der Waals surface area contributed by atoms with Crippen molar-refractivity contribution in [2.75, 3.05) is 33.0 Å². The zero-order chi connectivity index (χ0) is 28.7. The average Bonchev–Trinajstić information content (AvgIpc) is 3.22. The van der Waals surface area contributed by atoms with Gasteiger partial charge in [-0.05, 0) is 51.9 Å². The topological polar surface area (TPSA) is 160 Å². The second-order valence-electron chi connectivity index (χ2n) is 9.93. The summed E-state index contributed by atoms with van der Waals surface area (Å²) in [7, 11) is 3.69. The number of fused-ring (bicyclic) bond motifs is 1. The van der Waals surface area contributed by atoms with Crippen LogP contribution in [-0.4, -0.2) is 79.6 Å². The van der Waals surface area contributed by atoms with Crippen molar-refractivity contribution >= 4 is 28.9 Å². The van der Waals surface area contributed by atoms with Gasteiger partial charge in [0.2, 0.25) is 5.91 Å². The van der Waals surface area contributed by atoms with E-state index >= 15 is 0 Å². The van der Waals surface area contributed by atoms with E-state index < -0.39 is 11.9 Å². The number of nitrogens with two attached hydrogens (primary N) is 1. The van der Waals surface area contributed by atoms with Crippen LogP contribution in [0.25, 0.3) is 11.2 Å². The van der Waals surface area contributed by atoms with Crippen LogP contribution in [0.1, 0.15) is 57.1 Å². The number of unbranched alkanes of at least 4 members (excludes halogenated alkanes) is 1. The molecule has 0 bridgehead atoms. The van der Waals surface area contributed by atoms with Crippen LogP contribution in [0, 0.1) is 0 Å². The molecule has 2 aromatic heterocycles. The molecule has 0 spiro atoms. The van der Waals surface area contributed by atoms with E-state index in [1.807, 2.05) is 45.0 Å². The van der Waals surface area contributed by atoms with Gasteiger partial charge in [0, 0.05) is 19.6 Å². The first-order valence-electron chi connectivity index (χ1n) is 13.2. The molecule has 2 atom stereocenters. The number of rotatable bonds is 14. The molecule has 1 amide bonds. The van der Waals surface area contributed by atoms with E-state index in [1.165, 1.54) is 4.57 Å². The number of amides is 1. The number of nitrogens with one attached hydrogen (secondary N) is 1. The lowest BCUT2D eigenvalue weighted by molar-refractivity contribution is -0.138. The summed E-state index contributed by atoms with van der Waals surface area (Å²) in [6.45, 7) is 7.03. The number of benzene rings is 1. The quantitative estimate of drug-likeness (QED) is 0.260. The average molecular weight is 542 g/mol. The predicted octanol–water partition coefficient (Wildman–Crippen LogP) is 2.44. The van der Waals surface area contributed by atoms with Crippen molar-refractivity contribution in [2.24, 2.45) is 0 Å². The van der Waals surface area contributed by atoms with Crippen LogP contribution in [0.5, 0.6) is 6.01 Å². The summed E-state index contributed by atoms with van der Waals surface area (Å²) in [5.74, 6) is -1.42. The Kier molecular flexibility index (Phi) is 10.0. The molecule has 39 heavy (non-hydrogen) atoms. The smallest absolute Gasteiger partial charge is 0.327 e. The fourth-order valence-corrected chi connectivity index (χ4v) is 4.06. The van der Waals surface area contributed by atoms with Gasteiger partial charge in [0.25, 0.3) is 0 Å². The standard InChI is InChI=1S/C27H39N7O5/c1-6-7-15-39-26-30-22(28)21-23(31-26)34(27(38)29-21)14-8-13-33(24(35)18(3)32(4)5)16-19-9-11-20(12-10-19)17(2)25(36)37/h9-12,17-18H,6-8,13-16H2,1-5H3,(H,29,38)(H,36,37)(H2,28,30,31). The zero-order valence-electron chi connectivity index (χ0n) is 23.3. The van der Waals surface area contributed by atoms with Gasteiger partial charge in [-0.15, -0.1) is 0 Å². The highest BCUT2D eigenvalue weighted by molar-refractivity contribution is 5.82. The highest BCUT2D eigenvalue weighted by Gasteiger charge is 2.23. The maximum atomic E-state index is 13.3. The van der Waals surface area contributed by atoms with E-state index in [9.17, 15) is 19.5 Å². The number of anilines is 1. The molecule has 2 unspecified atom stereocenters. The number of aromatic nitrogens is 4. The van der Waals surface area contributed by atoms with E-state index in [4.69, 9.17) is 10.5 Å². The molecule has 3 aromatic rings. The Labute approximate surface area is 227 Å². The van der Waals surface area contributed by atoms with Crippen LogP contribution in [0.2, 0.25) is 0 Å². The van der Waals surface area contributed by atoms with Crippen molar-refractivity contribution in [1.29, 1.82) is 0 Å². The van der Waals surface area contributed by atoms with Crippen molar-refractivity contribution in [3.05, 3.63) is 45.9 Å². The van der Waals surface area contributed by atoms with Crippen LogP contribution in [-0.2, 0) is 22.7 Å². The number of ether oxygens (including phenoxy) is 1. The molecule has 2 heterocycles. The van der Waals surface area contributed by atoms with Crippen molar-refractivity contribution in [2.45, 2.75) is 65.1 Å². The van der Waals surface area contributed by atoms with Crippen LogP contribution in [0.4, 0.5) is 5.82 Å². The minimum absolute atomic E-state index is 0.0487. The SMILES string of the molecule is CCCCOc1nc(N)c2[nH]c(=O)n(CCCN(Cc3ccc(C(C)C(=O)O)cc3)C(=O)C(C)N(C)C)c2n1. The van der Waals surface area contributed by atoms with E-state index in [-0.39, 0.29) is 29.5 Å². The molecule has 3 rings (SSSR count). The molecule has 0 saturated heterocycles. The van der Waals surface area contributed by atoms with E-state index in [0.29, 0.717) is 49.4 Å².